The minimum absolute atomic E-state index is 0.0544. The van der Waals surface area contributed by atoms with Crippen molar-refractivity contribution in [1.82, 2.24) is 0 Å². The second-order valence-electron chi connectivity index (χ2n) is 20.9. The average Bonchev–Trinajstić information content (AvgIpc) is 1.12. The van der Waals surface area contributed by atoms with Gasteiger partial charge in [-0.3, -0.25) is 9.59 Å². The lowest BCUT2D eigenvalue weighted by molar-refractivity contribution is 0.104. The van der Waals surface area contributed by atoms with E-state index in [1.807, 2.05) is 222 Å². The van der Waals surface area contributed by atoms with Gasteiger partial charge < -0.3 is 48.2 Å². The van der Waals surface area contributed by atoms with Crippen LogP contribution in [0.5, 0.6) is 46.0 Å². The zero-order valence-corrected chi connectivity index (χ0v) is 50.4. The van der Waals surface area contributed by atoms with Crippen molar-refractivity contribution in [3.63, 3.8) is 0 Å². The summed E-state index contributed by atoms with van der Waals surface area (Å²) in [5, 5.41) is 29.2. The fourth-order valence-electron chi connectivity index (χ4n) is 9.81. The number of phenols is 1. The van der Waals surface area contributed by atoms with Gasteiger partial charge >= 0.3 is 0 Å². The van der Waals surface area contributed by atoms with Gasteiger partial charge in [0.25, 0.3) is 0 Å². The maximum absolute atomic E-state index is 13.7. The zero-order valence-electron chi connectivity index (χ0n) is 50.4. The van der Waals surface area contributed by atoms with E-state index in [0.717, 1.165) is 62.7 Å². The highest BCUT2D eigenvalue weighted by Crippen LogP contribution is 2.43. The molecule has 0 aliphatic carbocycles. The van der Waals surface area contributed by atoms with Crippen LogP contribution in [0.4, 0.5) is 0 Å². The number of ketones is 1. The fraction of sp³-hybridized carbons (Fsp3) is 0.143. The number of aliphatic hydroxyl groups is 1. The van der Waals surface area contributed by atoms with E-state index in [1.165, 1.54) is 6.08 Å². The molecule has 0 atom stereocenters. The van der Waals surface area contributed by atoms with Crippen LogP contribution in [-0.4, -0.2) is 28.2 Å². The molecule has 11 aromatic rings. The van der Waals surface area contributed by atoms with Crippen LogP contribution in [0.1, 0.15) is 71.6 Å². The van der Waals surface area contributed by atoms with Crippen LogP contribution in [-0.2, 0) is 39.6 Å². The minimum atomic E-state index is -0.570. The second kappa shape index (κ2) is 31.0. The number of benzene rings is 10. The predicted molar refractivity (Wildman–Crippen MR) is 349 cm³/mol. The van der Waals surface area contributed by atoms with E-state index >= 15 is 0 Å². The Bertz CT molecular complexity index is 4190. The molecule has 1 aromatic heterocycles. The number of rotatable bonds is 22. The van der Waals surface area contributed by atoms with Gasteiger partial charge in [-0.15, -0.1) is 0 Å². The second-order valence-corrected chi connectivity index (χ2v) is 20.9. The molecule has 3 N–H and O–H groups in total. The van der Waals surface area contributed by atoms with Gasteiger partial charge in [0.1, 0.15) is 73.4 Å². The number of hydrogen-bond donors (Lipinski definition) is 3. The van der Waals surface area contributed by atoms with Crippen LogP contribution in [0, 0.1) is 27.7 Å². The number of carbonyl (C=O) groups is 1. The highest BCUT2D eigenvalue weighted by atomic mass is 16.5. The van der Waals surface area contributed by atoms with Crippen molar-refractivity contribution in [3.05, 3.63) is 314 Å². The molecule has 0 aliphatic rings. The third-order valence-electron chi connectivity index (χ3n) is 14.4. The van der Waals surface area contributed by atoms with Gasteiger partial charge in [-0.1, -0.05) is 194 Å². The molecule has 450 valence electrons. The molecule has 1 heterocycles. The van der Waals surface area contributed by atoms with E-state index in [1.54, 1.807) is 42.5 Å². The summed E-state index contributed by atoms with van der Waals surface area (Å²) in [5.41, 5.74) is 10.3. The fourth-order valence-corrected chi connectivity index (χ4v) is 9.81. The van der Waals surface area contributed by atoms with E-state index in [0.29, 0.717) is 77.6 Å². The number of aromatic hydroxyl groups is 2. The Morgan fingerprint density at radius 3 is 1.25 bits per heavy atom. The van der Waals surface area contributed by atoms with Gasteiger partial charge in [-0.2, -0.15) is 0 Å². The van der Waals surface area contributed by atoms with Crippen LogP contribution in [0.15, 0.2) is 246 Å². The number of phenolic OH excluding ortho intramolecular Hbond substituents is 1. The summed E-state index contributed by atoms with van der Waals surface area (Å²) in [7, 11) is 1.00. The van der Waals surface area contributed by atoms with Crippen molar-refractivity contribution in [2.24, 2.45) is 0 Å². The molecule has 0 saturated carbocycles. The molecular weight excluding hydrogens is 1120 g/mol. The summed E-state index contributed by atoms with van der Waals surface area (Å²) in [6, 6.07) is 73.2. The first-order chi connectivity index (χ1) is 43.4. The van der Waals surface area contributed by atoms with Gasteiger partial charge in [-0.05, 0) is 126 Å². The molecule has 89 heavy (non-hydrogen) atoms. The monoisotopic (exact) mass is 1190 g/mol. The SMILES string of the molecule is CO.Cc1cc(O)c(C(=O)/C=C/c2ccc(OCc3ccccc3)c(OCc3ccccc3)c2C)c(OCc2ccccc2)c1.Cc1cc(OCc2ccccc2)c2c(=O)c(O)c(-c3ccc(OCc4ccccc4)c(OCc4ccccc4)c3C)oc2c1. The molecule has 12 heteroatoms. The topological polar surface area (TPSA) is 163 Å². The Balaban J connectivity index is 0.000000206. The maximum Gasteiger partial charge on any atom is 0.238 e. The maximum atomic E-state index is 13.7. The highest BCUT2D eigenvalue weighted by Gasteiger charge is 2.24. The predicted octanol–water partition coefficient (Wildman–Crippen LogP) is 16.8. The number of aryl methyl sites for hydroxylation is 2. The molecule has 11 rings (SSSR count). The van der Waals surface area contributed by atoms with Gasteiger partial charge in [-0.25, -0.2) is 0 Å². The Morgan fingerprint density at radius 1 is 0.427 bits per heavy atom. The van der Waals surface area contributed by atoms with Gasteiger partial charge in [0.15, 0.2) is 34.5 Å². The van der Waals surface area contributed by atoms with Crippen molar-refractivity contribution in [2.75, 3.05) is 7.11 Å². The lowest BCUT2D eigenvalue weighted by Crippen LogP contribution is -2.07. The molecule has 0 fully saturated rings. The first-order valence-corrected chi connectivity index (χ1v) is 29.0. The van der Waals surface area contributed by atoms with Gasteiger partial charge in [0.05, 0.1) is 0 Å². The van der Waals surface area contributed by atoms with Gasteiger partial charge in [0, 0.05) is 23.8 Å². The molecule has 0 amide bonds. The van der Waals surface area contributed by atoms with Crippen molar-refractivity contribution in [2.45, 2.75) is 67.3 Å². The molecule has 0 aliphatic heterocycles. The Morgan fingerprint density at radius 2 is 0.798 bits per heavy atom. The van der Waals surface area contributed by atoms with E-state index in [4.69, 9.17) is 37.9 Å². The summed E-state index contributed by atoms with van der Waals surface area (Å²) in [5.74, 6) is 2.04. The third-order valence-corrected chi connectivity index (χ3v) is 14.4. The number of aliphatic hydroxyl groups excluding tert-OH is 1. The molecule has 0 unspecified atom stereocenters. The van der Waals surface area contributed by atoms with Gasteiger partial charge in [0.2, 0.25) is 11.2 Å². The first kappa shape index (κ1) is 62.7. The molecule has 10 aromatic carbocycles. The largest absolute Gasteiger partial charge is 0.507 e. The number of hydrogen-bond acceptors (Lipinski definition) is 12. The van der Waals surface area contributed by atoms with Crippen LogP contribution < -0.4 is 33.8 Å². The average molecular weight is 1190 g/mol. The molecular formula is C77H70O12. The smallest absolute Gasteiger partial charge is 0.238 e. The summed E-state index contributed by atoms with van der Waals surface area (Å²) in [6.07, 6.45) is 3.18. The van der Waals surface area contributed by atoms with Crippen molar-refractivity contribution < 1.29 is 53.0 Å². The van der Waals surface area contributed by atoms with Crippen LogP contribution in [0.25, 0.3) is 28.4 Å². The quantitative estimate of drug-likeness (QED) is 0.0435. The van der Waals surface area contributed by atoms with Crippen LogP contribution in [0.2, 0.25) is 0 Å². The Hall–Kier alpha value is -10.8. The molecule has 0 radical (unpaired) electrons. The molecule has 0 saturated heterocycles. The summed E-state index contributed by atoms with van der Waals surface area (Å²) in [4.78, 5) is 27.1. The first-order valence-electron chi connectivity index (χ1n) is 29.0. The van der Waals surface area contributed by atoms with Crippen LogP contribution in [0.3, 0.4) is 0 Å². The Kier molecular flexibility index (Phi) is 21.8. The number of fused-ring (bicyclic) bond motifs is 1. The number of ether oxygens (including phenoxy) is 6. The normalized spacial score (nSPS) is 10.8. The molecule has 0 spiro atoms. The highest BCUT2D eigenvalue weighted by molar-refractivity contribution is 6.10. The van der Waals surface area contributed by atoms with E-state index in [-0.39, 0.29) is 41.5 Å². The molecule has 12 nitrogen and oxygen atoms in total. The minimum Gasteiger partial charge on any atom is -0.507 e. The van der Waals surface area contributed by atoms with Crippen molar-refractivity contribution in [3.8, 4) is 57.3 Å². The van der Waals surface area contributed by atoms with E-state index < -0.39 is 11.2 Å². The summed E-state index contributed by atoms with van der Waals surface area (Å²) < 4.78 is 43.3. The standard InChI is InChI=1S/C38H32O6.C38H34O5.CH4O/c1-25-20-32(42-23-28-14-8-4-9-15-28)34-33(21-25)44-38(36(40)35(34)39)30-18-19-31(41-22-27-12-6-3-7-13-27)37(26(30)2)43-24-29-16-10-5-11-17-29;1-27-22-34(40)37(36(23-27)42-25-30-14-8-4-9-15-30)33(39)20-18-32-19-21-35(41-24-29-12-6-3-7-13-29)38(28(32)2)43-26-31-16-10-5-11-17-31;1-2/h3-21,40H,22-24H2,1-2H3;3-23,40H,24-26H2,1-2H3;2H,1H3/b;20-18+;. The lowest BCUT2D eigenvalue weighted by atomic mass is 10.0. The third kappa shape index (κ3) is 16.6. The number of allylic oxidation sites excluding steroid dienone is 1. The van der Waals surface area contributed by atoms with Crippen molar-refractivity contribution >= 4 is 22.8 Å². The summed E-state index contributed by atoms with van der Waals surface area (Å²) in [6.45, 7) is 9.53. The van der Waals surface area contributed by atoms with Crippen molar-refractivity contribution in [1.29, 1.82) is 0 Å². The molecule has 0 bridgehead atoms. The Labute approximate surface area is 518 Å². The van der Waals surface area contributed by atoms with E-state index in [2.05, 4.69) is 0 Å². The van der Waals surface area contributed by atoms with Crippen LogP contribution >= 0.6 is 0 Å². The zero-order chi connectivity index (χ0) is 62.5. The lowest BCUT2D eigenvalue weighted by Gasteiger charge is -2.18. The van der Waals surface area contributed by atoms with E-state index in [9.17, 15) is 19.8 Å². The number of carbonyl (C=O) groups excluding carboxylic acids is 1. The summed E-state index contributed by atoms with van der Waals surface area (Å²) >= 11 is 0.